The number of hydrogen-bond acceptors (Lipinski definition) is 5. The van der Waals surface area contributed by atoms with Crippen LogP contribution in [-0.2, 0) is 13.6 Å². The quantitative estimate of drug-likeness (QED) is 0.556. The van der Waals surface area contributed by atoms with Crippen LogP contribution in [0.15, 0.2) is 53.0 Å². The highest BCUT2D eigenvalue weighted by Gasteiger charge is 2.37. The van der Waals surface area contributed by atoms with Gasteiger partial charge < -0.3 is 19.5 Å². The van der Waals surface area contributed by atoms with Crippen molar-refractivity contribution < 1.29 is 18.7 Å². The number of phenolic OH excluding ortho intramolecular Hbond substituents is 1. The molecule has 0 spiro atoms. The molecule has 0 saturated carbocycles. The normalized spacial score (nSPS) is 12.8. The molecule has 2 aromatic carbocycles. The minimum absolute atomic E-state index is 0.142. The first kappa shape index (κ1) is 19.0. The number of benzene rings is 2. The largest absolute Gasteiger partial charge is 0.508 e. The summed E-state index contributed by atoms with van der Waals surface area (Å²) in [6, 6.07) is 14.0. The Balaban J connectivity index is 2.41. The second-order valence-electron chi connectivity index (χ2n) is 5.02. The molecule has 2 rings (SSSR count). The van der Waals surface area contributed by atoms with Crippen molar-refractivity contribution in [3.63, 3.8) is 0 Å². The monoisotopic (exact) mass is 413 g/mol. The summed E-state index contributed by atoms with van der Waals surface area (Å²) in [6.45, 7) is 4.10. The summed E-state index contributed by atoms with van der Waals surface area (Å²) < 4.78 is 25.3. The van der Waals surface area contributed by atoms with Gasteiger partial charge in [0, 0.05) is 10.2 Å². The lowest BCUT2D eigenvalue weighted by molar-refractivity contribution is 0.214. The molecule has 0 fully saturated rings. The van der Waals surface area contributed by atoms with E-state index in [0.717, 1.165) is 10.2 Å². The lowest BCUT2D eigenvalue weighted by Gasteiger charge is -2.28. The number of phenols is 1. The molecule has 1 atom stereocenters. The van der Waals surface area contributed by atoms with Crippen molar-refractivity contribution in [2.75, 3.05) is 18.5 Å². The maximum absolute atomic E-state index is 13.3. The third kappa shape index (κ3) is 4.84. The summed E-state index contributed by atoms with van der Waals surface area (Å²) in [5.74, 6) is -0.539. The van der Waals surface area contributed by atoms with Crippen LogP contribution in [0.1, 0.15) is 25.2 Å². The number of anilines is 1. The Morgan fingerprint density at radius 2 is 1.58 bits per heavy atom. The lowest BCUT2D eigenvalue weighted by atomic mass is 10.2. The molecule has 0 unspecified atom stereocenters. The van der Waals surface area contributed by atoms with E-state index in [-0.39, 0.29) is 19.0 Å². The van der Waals surface area contributed by atoms with Gasteiger partial charge in [0.1, 0.15) is 5.75 Å². The fraction of sp³-hybridized carbons (Fsp3) is 0.294. The van der Waals surface area contributed by atoms with E-state index in [2.05, 4.69) is 21.2 Å². The van der Waals surface area contributed by atoms with Crippen LogP contribution in [0.5, 0.6) is 5.75 Å². The highest BCUT2D eigenvalue weighted by molar-refractivity contribution is 9.10. The van der Waals surface area contributed by atoms with Gasteiger partial charge in [-0.25, -0.2) is 0 Å². The molecule has 0 bridgehead atoms. The second kappa shape index (κ2) is 8.67. The van der Waals surface area contributed by atoms with E-state index >= 15 is 0 Å². The summed E-state index contributed by atoms with van der Waals surface area (Å²) >= 11 is 3.39. The van der Waals surface area contributed by atoms with Crippen LogP contribution in [0.25, 0.3) is 0 Å². The van der Waals surface area contributed by atoms with E-state index in [9.17, 15) is 9.67 Å². The Labute approximate surface area is 150 Å². The van der Waals surface area contributed by atoms with Gasteiger partial charge in [0.15, 0.2) is 5.78 Å². The Hall–Kier alpha value is -1.33. The van der Waals surface area contributed by atoms with Gasteiger partial charge in [0.25, 0.3) is 0 Å². The van der Waals surface area contributed by atoms with Gasteiger partial charge in [0.2, 0.25) is 0 Å². The van der Waals surface area contributed by atoms with Crippen molar-refractivity contribution in [2.45, 2.75) is 19.6 Å². The summed E-state index contributed by atoms with van der Waals surface area (Å²) in [7, 11) is -3.45. The Bertz CT molecular complexity index is 681. The number of nitrogens with one attached hydrogen (secondary N) is 1. The zero-order chi connectivity index (χ0) is 17.6. The molecule has 2 N–H and O–H groups in total. The molecule has 0 radical (unpaired) electrons. The van der Waals surface area contributed by atoms with Crippen LogP contribution < -0.4 is 5.32 Å². The van der Waals surface area contributed by atoms with Gasteiger partial charge in [-0.05, 0) is 55.8 Å². The minimum Gasteiger partial charge on any atom is -0.508 e. The summed E-state index contributed by atoms with van der Waals surface area (Å²) in [6.07, 6.45) is 0. The molecule has 0 aromatic heterocycles. The van der Waals surface area contributed by atoms with E-state index in [1.54, 1.807) is 38.1 Å². The molecule has 0 aliphatic rings. The summed E-state index contributed by atoms with van der Waals surface area (Å²) in [5.41, 5.74) is 1.50. The van der Waals surface area contributed by atoms with Crippen molar-refractivity contribution in [3.8, 4) is 5.75 Å². The first-order chi connectivity index (χ1) is 11.5. The molecule has 5 nitrogen and oxygen atoms in total. The van der Waals surface area contributed by atoms with E-state index in [1.165, 1.54) is 0 Å². The van der Waals surface area contributed by atoms with Crippen LogP contribution in [0.3, 0.4) is 0 Å². The number of hydrogen-bond donors (Lipinski definition) is 2. The third-order valence-electron chi connectivity index (χ3n) is 3.29. The lowest BCUT2D eigenvalue weighted by Crippen LogP contribution is -2.15. The van der Waals surface area contributed by atoms with Crippen LogP contribution in [-0.4, -0.2) is 18.3 Å². The average Bonchev–Trinajstić information content (AvgIpc) is 2.56. The average molecular weight is 414 g/mol. The smallest absolute Gasteiger partial charge is 0.357 e. The van der Waals surface area contributed by atoms with Gasteiger partial charge in [-0.2, -0.15) is 0 Å². The highest BCUT2D eigenvalue weighted by Crippen LogP contribution is 2.60. The number of rotatable bonds is 8. The minimum atomic E-state index is -3.45. The van der Waals surface area contributed by atoms with Crippen LogP contribution >= 0.6 is 23.5 Å². The highest BCUT2D eigenvalue weighted by atomic mass is 79.9. The Morgan fingerprint density at radius 3 is 2.08 bits per heavy atom. The number of halogens is 1. The fourth-order valence-electron chi connectivity index (χ4n) is 2.25. The summed E-state index contributed by atoms with van der Waals surface area (Å²) in [4.78, 5) is 0. The molecule has 0 amide bonds. The van der Waals surface area contributed by atoms with E-state index < -0.39 is 13.4 Å². The molecule has 0 aliphatic heterocycles. The third-order valence-corrected chi connectivity index (χ3v) is 6.12. The molecular formula is C17H21BrNO4P. The van der Waals surface area contributed by atoms with Gasteiger partial charge in [0.05, 0.1) is 13.2 Å². The predicted molar refractivity (Wildman–Crippen MR) is 99.5 cm³/mol. The maximum atomic E-state index is 13.3. The molecule has 0 heterocycles. The van der Waals surface area contributed by atoms with Crippen molar-refractivity contribution in [3.05, 3.63) is 58.6 Å². The zero-order valence-corrected chi connectivity index (χ0v) is 16.1. The van der Waals surface area contributed by atoms with Crippen molar-refractivity contribution >= 4 is 29.2 Å². The van der Waals surface area contributed by atoms with E-state index in [4.69, 9.17) is 9.05 Å². The molecule has 0 saturated heterocycles. The summed E-state index contributed by atoms with van der Waals surface area (Å²) in [5, 5.41) is 12.7. The maximum Gasteiger partial charge on any atom is 0.357 e. The van der Waals surface area contributed by atoms with Crippen molar-refractivity contribution in [1.82, 2.24) is 0 Å². The standard InChI is InChI=1S/C17H21BrNO4P/c1-3-22-24(21,23-4-2)17(13-5-11-16(20)12-6-13)19-15-9-7-14(18)8-10-15/h5-12,17,19-20H,3-4H2,1-2H3/t17-/m0/s1. The first-order valence-electron chi connectivity index (χ1n) is 7.68. The molecular weight excluding hydrogens is 393 g/mol. The zero-order valence-electron chi connectivity index (χ0n) is 13.6. The van der Waals surface area contributed by atoms with Crippen LogP contribution in [0.4, 0.5) is 5.69 Å². The van der Waals surface area contributed by atoms with Gasteiger partial charge in [-0.1, -0.05) is 28.1 Å². The molecule has 24 heavy (non-hydrogen) atoms. The molecule has 0 aliphatic carbocycles. The van der Waals surface area contributed by atoms with Gasteiger partial charge in [-0.3, -0.25) is 4.57 Å². The topological polar surface area (TPSA) is 67.8 Å². The second-order valence-corrected chi connectivity index (χ2v) is 8.05. The number of aromatic hydroxyl groups is 1. The Morgan fingerprint density at radius 1 is 1.04 bits per heavy atom. The van der Waals surface area contributed by atoms with Crippen molar-refractivity contribution in [1.29, 1.82) is 0 Å². The van der Waals surface area contributed by atoms with Gasteiger partial charge in [-0.15, -0.1) is 0 Å². The Kier molecular flexibility index (Phi) is 6.87. The fourth-order valence-corrected chi connectivity index (χ4v) is 4.45. The molecule has 2 aromatic rings. The van der Waals surface area contributed by atoms with Crippen LogP contribution in [0.2, 0.25) is 0 Å². The van der Waals surface area contributed by atoms with E-state index in [1.807, 2.05) is 24.3 Å². The van der Waals surface area contributed by atoms with Gasteiger partial charge >= 0.3 is 7.60 Å². The predicted octanol–water partition coefficient (Wildman–Crippen LogP) is 5.53. The van der Waals surface area contributed by atoms with Crippen molar-refractivity contribution in [2.24, 2.45) is 0 Å². The SMILES string of the molecule is CCOP(=O)(OCC)[C@H](Nc1ccc(Br)cc1)c1ccc(O)cc1. The first-order valence-corrected chi connectivity index (χ1v) is 10.1. The van der Waals surface area contributed by atoms with E-state index in [0.29, 0.717) is 5.56 Å². The molecule has 7 heteroatoms. The molecule has 130 valence electrons. The van der Waals surface area contributed by atoms with Crippen LogP contribution in [0, 0.1) is 0 Å².